The van der Waals surface area contributed by atoms with Crippen LogP contribution >= 0.6 is 0 Å². The first kappa shape index (κ1) is 18.7. The number of hydrogen-bond acceptors (Lipinski definition) is 3. The monoisotopic (exact) mass is 356 g/mol. The molecule has 134 valence electrons. The first-order valence-electron chi connectivity index (χ1n) is 8.27. The minimum atomic E-state index is -3.68. The van der Waals surface area contributed by atoms with Crippen molar-refractivity contribution >= 4 is 21.6 Å². The molecule has 0 heterocycles. The van der Waals surface area contributed by atoms with Gasteiger partial charge in [0.05, 0.1) is 11.9 Å². The summed E-state index contributed by atoms with van der Waals surface area (Å²) in [5.74, 6) is -0.659. The number of amides is 1. The van der Waals surface area contributed by atoms with Crippen molar-refractivity contribution in [1.82, 2.24) is 4.90 Å². The van der Waals surface area contributed by atoms with Gasteiger partial charge in [-0.05, 0) is 43.5 Å². The average molecular weight is 356 g/mol. The Balaban J connectivity index is 2.35. The first-order chi connectivity index (χ1) is 11.3. The van der Waals surface area contributed by atoms with Crippen LogP contribution in [0.1, 0.15) is 39.0 Å². The molecule has 0 saturated heterocycles. The molecule has 1 aliphatic carbocycles. The Hall–Kier alpha value is -1.63. The lowest BCUT2D eigenvalue weighted by Gasteiger charge is -2.35. The third-order valence-electron chi connectivity index (χ3n) is 4.61. The van der Waals surface area contributed by atoms with Gasteiger partial charge in [0.15, 0.2) is 0 Å². The van der Waals surface area contributed by atoms with Gasteiger partial charge in [0.1, 0.15) is 11.9 Å². The molecule has 1 aromatic rings. The molecule has 1 atom stereocenters. The van der Waals surface area contributed by atoms with Crippen molar-refractivity contribution in [3.05, 3.63) is 30.1 Å². The van der Waals surface area contributed by atoms with Crippen LogP contribution in [-0.2, 0) is 14.8 Å². The van der Waals surface area contributed by atoms with E-state index in [1.54, 1.807) is 18.9 Å². The molecular weight excluding hydrogens is 331 g/mol. The molecule has 7 heteroatoms. The van der Waals surface area contributed by atoms with Gasteiger partial charge in [-0.25, -0.2) is 12.8 Å². The lowest BCUT2D eigenvalue weighted by Crippen LogP contribution is -2.51. The van der Waals surface area contributed by atoms with Crippen molar-refractivity contribution in [2.75, 3.05) is 17.6 Å². The van der Waals surface area contributed by atoms with Crippen LogP contribution in [0.3, 0.4) is 0 Å². The summed E-state index contributed by atoms with van der Waals surface area (Å²) in [5.41, 5.74) is 0.305. The van der Waals surface area contributed by atoms with Gasteiger partial charge in [-0.1, -0.05) is 19.8 Å². The van der Waals surface area contributed by atoms with Gasteiger partial charge in [0.2, 0.25) is 15.9 Å². The summed E-state index contributed by atoms with van der Waals surface area (Å²) in [6, 6.07) is 4.53. The van der Waals surface area contributed by atoms with Crippen molar-refractivity contribution in [3.63, 3.8) is 0 Å². The molecule has 1 aromatic carbocycles. The van der Waals surface area contributed by atoms with Gasteiger partial charge >= 0.3 is 0 Å². The lowest BCUT2D eigenvalue weighted by molar-refractivity contribution is -0.133. The Labute approximate surface area is 143 Å². The van der Waals surface area contributed by atoms with Crippen LogP contribution in [-0.4, -0.2) is 44.6 Å². The average Bonchev–Trinajstić information content (AvgIpc) is 3.05. The number of rotatable bonds is 6. The van der Waals surface area contributed by atoms with E-state index in [1.807, 2.05) is 0 Å². The Kier molecular flexibility index (Phi) is 5.85. The van der Waals surface area contributed by atoms with Gasteiger partial charge in [-0.3, -0.25) is 9.10 Å². The Bertz CT molecular complexity index is 670. The van der Waals surface area contributed by atoms with Crippen LogP contribution in [0.5, 0.6) is 0 Å². The summed E-state index contributed by atoms with van der Waals surface area (Å²) in [4.78, 5) is 14.6. The maximum Gasteiger partial charge on any atom is 0.246 e. The molecule has 5 nitrogen and oxygen atoms in total. The molecular formula is C17H25FN2O3S. The second-order valence-corrected chi connectivity index (χ2v) is 8.21. The Morgan fingerprint density at radius 1 is 1.25 bits per heavy atom. The summed E-state index contributed by atoms with van der Waals surface area (Å²) < 4.78 is 38.9. The van der Waals surface area contributed by atoms with Crippen LogP contribution in [0.15, 0.2) is 24.3 Å². The lowest BCUT2D eigenvalue weighted by atomic mass is 10.1. The van der Waals surface area contributed by atoms with E-state index >= 15 is 0 Å². The number of carbonyl (C=O) groups excluding carboxylic acids is 1. The highest BCUT2D eigenvalue weighted by Gasteiger charge is 2.35. The molecule has 1 fully saturated rings. The standard InChI is InChI=1S/C17H25FN2O3S/c1-4-16(17(21)19(2)14-7-5-6-8-14)20(24(3,22)23)15-11-9-13(18)10-12-15/h9-12,14,16H,4-8H2,1-3H3/t16-/m1/s1. The SMILES string of the molecule is CC[C@H](C(=O)N(C)C1CCCC1)N(c1ccc(F)cc1)S(C)(=O)=O. The van der Waals surface area contributed by atoms with Crippen molar-refractivity contribution < 1.29 is 17.6 Å². The number of carbonyl (C=O) groups is 1. The summed E-state index contributed by atoms with van der Waals surface area (Å²) in [6.07, 6.45) is 5.50. The van der Waals surface area contributed by atoms with Crippen molar-refractivity contribution in [3.8, 4) is 0 Å². The zero-order valence-corrected chi connectivity index (χ0v) is 15.2. The van der Waals surface area contributed by atoms with Gasteiger partial charge in [0.25, 0.3) is 0 Å². The number of likely N-dealkylation sites (N-methyl/N-ethyl adjacent to an activating group) is 1. The number of halogens is 1. The second kappa shape index (κ2) is 7.51. The van der Waals surface area contributed by atoms with Crippen molar-refractivity contribution in [2.45, 2.75) is 51.1 Å². The molecule has 0 bridgehead atoms. The number of sulfonamides is 1. The van der Waals surface area contributed by atoms with E-state index in [4.69, 9.17) is 0 Å². The summed E-state index contributed by atoms with van der Waals surface area (Å²) in [6.45, 7) is 1.78. The van der Waals surface area contributed by atoms with Crippen molar-refractivity contribution in [2.24, 2.45) is 0 Å². The maximum absolute atomic E-state index is 13.2. The molecule has 0 radical (unpaired) electrons. The van der Waals surface area contributed by atoms with Crippen LogP contribution < -0.4 is 4.31 Å². The largest absolute Gasteiger partial charge is 0.341 e. The molecule has 1 saturated carbocycles. The fraction of sp³-hybridized carbons (Fsp3) is 0.588. The molecule has 0 aromatic heterocycles. The normalized spacial score (nSPS) is 16.8. The molecule has 0 unspecified atom stereocenters. The Morgan fingerprint density at radius 2 is 1.79 bits per heavy atom. The molecule has 2 rings (SSSR count). The number of benzene rings is 1. The van der Waals surface area contributed by atoms with Crippen molar-refractivity contribution in [1.29, 1.82) is 0 Å². The van der Waals surface area contributed by atoms with E-state index < -0.39 is 21.9 Å². The predicted molar refractivity (Wildman–Crippen MR) is 92.8 cm³/mol. The molecule has 24 heavy (non-hydrogen) atoms. The van der Waals surface area contributed by atoms with E-state index in [1.165, 1.54) is 24.3 Å². The summed E-state index contributed by atoms with van der Waals surface area (Å²) >= 11 is 0. The van der Waals surface area contributed by atoms with Crippen LogP contribution in [0.25, 0.3) is 0 Å². The minimum absolute atomic E-state index is 0.168. The topological polar surface area (TPSA) is 57.7 Å². The number of hydrogen-bond donors (Lipinski definition) is 0. The highest BCUT2D eigenvalue weighted by Crippen LogP contribution is 2.27. The van der Waals surface area contributed by atoms with E-state index in [0.717, 1.165) is 36.2 Å². The van der Waals surface area contributed by atoms with E-state index in [2.05, 4.69) is 0 Å². The third kappa shape index (κ3) is 4.06. The highest BCUT2D eigenvalue weighted by molar-refractivity contribution is 7.92. The number of nitrogens with zero attached hydrogens (tertiary/aromatic N) is 2. The summed E-state index contributed by atoms with van der Waals surface area (Å²) in [5, 5.41) is 0. The molecule has 0 aliphatic heterocycles. The van der Waals surface area contributed by atoms with E-state index in [0.29, 0.717) is 12.1 Å². The highest BCUT2D eigenvalue weighted by atomic mass is 32.2. The van der Waals surface area contributed by atoms with Crippen LogP contribution in [0.2, 0.25) is 0 Å². The van der Waals surface area contributed by atoms with Gasteiger partial charge in [-0.2, -0.15) is 0 Å². The minimum Gasteiger partial charge on any atom is -0.341 e. The molecule has 1 aliphatic rings. The fourth-order valence-corrected chi connectivity index (χ4v) is 4.54. The van der Waals surface area contributed by atoms with Gasteiger partial charge in [-0.15, -0.1) is 0 Å². The van der Waals surface area contributed by atoms with Gasteiger partial charge < -0.3 is 4.90 Å². The maximum atomic E-state index is 13.2. The van der Waals surface area contributed by atoms with Crippen LogP contribution in [0.4, 0.5) is 10.1 Å². The van der Waals surface area contributed by atoms with Crippen LogP contribution in [0, 0.1) is 5.82 Å². The number of anilines is 1. The van der Waals surface area contributed by atoms with E-state index in [-0.39, 0.29) is 11.9 Å². The fourth-order valence-electron chi connectivity index (χ4n) is 3.34. The molecule has 1 amide bonds. The third-order valence-corrected chi connectivity index (χ3v) is 5.79. The van der Waals surface area contributed by atoms with E-state index in [9.17, 15) is 17.6 Å². The second-order valence-electron chi connectivity index (χ2n) is 6.35. The predicted octanol–water partition coefficient (Wildman–Crippen LogP) is 2.77. The quantitative estimate of drug-likeness (QED) is 0.787. The zero-order chi connectivity index (χ0) is 17.9. The zero-order valence-electron chi connectivity index (χ0n) is 14.4. The molecule has 0 N–H and O–H groups in total. The smallest absolute Gasteiger partial charge is 0.246 e. The summed E-state index contributed by atoms with van der Waals surface area (Å²) in [7, 11) is -1.94. The van der Waals surface area contributed by atoms with Gasteiger partial charge in [0, 0.05) is 13.1 Å². The molecule has 0 spiro atoms. The Morgan fingerprint density at radius 3 is 2.25 bits per heavy atom. The first-order valence-corrected chi connectivity index (χ1v) is 10.1.